The van der Waals surface area contributed by atoms with Crippen LogP contribution in [0.1, 0.15) is 37.0 Å². The summed E-state index contributed by atoms with van der Waals surface area (Å²) in [5.41, 5.74) is 0.750. The molecule has 0 fully saturated rings. The van der Waals surface area contributed by atoms with Gasteiger partial charge in [-0.05, 0) is 54.1 Å². The van der Waals surface area contributed by atoms with Gasteiger partial charge in [0.2, 0.25) is 0 Å². The maximum absolute atomic E-state index is 12.8. The molecule has 13 heteroatoms. The number of aromatic nitrogens is 3. The van der Waals surface area contributed by atoms with E-state index in [1.165, 1.54) is 61.7 Å². The van der Waals surface area contributed by atoms with Crippen LogP contribution in [0.3, 0.4) is 0 Å². The van der Waals surface area contributed by atoms with Gasteiger partial charge < -0.3 is 24.8 Å². The molecule has 4 rings (SSSR count). The predicted octanol–water partition coefficient (Wildman–Crippen LogP) is 3.92. The van der Waals surface area contributed by atoms with Crippen molar-refractivity contribution in [3.05, 3.63) is 102 Å². The van der Waals surface area contributed by atoms with Crippen LogP contribution in [0.2, 0.25) is 0 Å². The van der Waals surface area contributed by atoms with E-state index in [0.717, 1.165) is 5.56 Å². The normalized spacial score (nSPS) is 10.2. The van der Waals surface area contributed by atoms with Gasteiger partial charge in [0.25, 0.3) is 11.8 Å². The zero-order valence-electron chi connectivity index (χ0n) is 21.9. The Morgan fingerprint density at radius 3 is 1.63 bits per heavy atom. The molecule has 0 saturated carbocycles. The number of amides is 3. The van der Waals surface area contributed by atoms with Crippen molar-refractivity contribution >= 4 is 41.3 Å². The molecule has 41 heavy (non-hydrogen) atoms. The highest BCUT2D eigenvalue weighted by Gasteiger charge is 2.15. The number of nitrogens with one attached hydrogen (secondary N) is 3. The van der Waals surface area contributed by atoms with Crippen molar-refractivity contribution in [1.82, 2.24) is 15.0 Å². The quantitative estimate of drug-likeness (QED) is 0.257. The van der Waals surface area contributed by atoms with E-state index in [-0.39, 0.29) is 41.1 Å². The van der Waals surface area contributed by atoms with Gasteiger partial charge in [-0.15, -0.1) is 0 Å². The summed E-state index contributed by atoms with van der Waals surface area (Å²) >= 11 is 0. The average molecular weight is 557 g/mol. The molecule has 0 aliphatic carbocycles. The van der Waals surface area contributed by atoms with Gasteiger partial charge in [-0.2, -0.15) is 0 Å². The van der Waals surface area contributed by atoms with E-state index in [1.54, 1.807) is 31.4 Å². The summed E-state index contributed by atoms with van der Waals surface area (Å²) in [4.78, 5) is 61.7. The highest BCUT2D eigenvalue weighted by molar-refractivity contribution is 6.05. The zero-order chi connectivity index (χ0) is 29.2. The Balaban J connectivity index is 1.35. The Bertz CT molecular complexity index is 1580. The number of nitrogens with zero attached hydrogens (tertiary/aromatic N) is 3. The third kappa shape index (κ3) is 7.83. The Hall–Kier alpha value is -5.85. The van der Waals surface area contributed by atoms with Crippen molar-refractivity contribution < 1.29 is 33.4 Å². The molecule has 0 aliphatic rings. The molecule has 0 spiro atoms. The van der Waals surface area contributed by atoms with Crippen molar-refractivity contribution in [2.24, 2.45) is 0 Å². The monoisotopic (exact) mass is 556 g/mol. The van der Waals surface area contributed by atoms with Crippen LogP contribution in [-0.4, -0.2) is 53.0 Å². The lowest BCUT2D eigenvalue weighted by Gasteiger charge is -2.09. The van der Waals surface area contributed by atoms with Gasteiger partial charge in [0.1, 0.15) is 41.2 Å². The molecular formula is C28H24N6O7. The lowest BCUT2D eigenvalue weighted by atomic mass is 10.2. The van der Waals surface area contributed by atoms with Crippen LogP contribution < -0.4 is 20.7 Å². The van der Waals surface area contributed by atoms with E-state index in [1.807, 2.05) is 0 Å². The first kappa shape index (κ1) is 28.2. The minimum absolute atomic E-state index is 0.0153. The van der Waals surface area contributed by atoms with E-state index >= 15 is 0 Å². The molecule has 4 aromatic rings. The van der Waals surface area contributed by atoms with E-state index in [9.17, 15) is 19.2 Å². The number of rotatable bonds is 9. The summed E-state index contributed by atoms with van der Waals surface area (Å²) in [5, 5.41) is 7.58. The van der Waals surface area contributed by atoms with Gasteiger partial charge in [0, 0.05) is 0 Å². The van der Waals surface area contributed by atoms with Crippen LogP contribution in [0, 0.1) is 0 Å². The molecular weight excluding hydrogens is 532 g/mol. The SMILES string of the molecule is COC(=O)c1cccc(NC(=O)c2cccc(NC(=O)c3cccc(NC(=O)OCc4ccc(OC)cc4)n3)n2)n1. The third-order valence-corrected chi connectivity index (χ3v) is 5.35. The number of hydrogen-bond donors (Lipinski definition) is 3. The summed E-state index contributed by atoms with van der Waals surface area (Å²) in [7, 11) is 2.78. The highest BCUT2D eigenvalue weighted by Crippen LogP contribution is 2.14. The van der Waals surface area contributed by atoms with Crippen molar-refractivity contribution in [3.8, 4) is 5.75 Å². The van der Waals surface area contributed by atoms with E-state index in [2.05, 4.69) is 35.6 Å². The van der Waals surface area contributed by atoms with Gasteiger partial charge in [0.05, 0.1) is 14.2 Å². The highest BCUT2D eigenvalue weighted by atomic mass is 16.5. The third-order valence-electron chi connectivity index (χ3n) is 5.35. The Labute approximate surface area is 233 Å². The smallest absolute Gasteiger partial charge is 0.413 e. The number of carbonyl (C=O) groups excluding carboxylic acids is 4. The predicted molar refractivity (Wildman–Crippen MR) is 147 cm³/mol. The second-order valence-corrected chi connectivity index (χ2v) is 8.17. The van der Waals surface area contributed by atoms with Gasteiger partial charge in [-0.3, -0.25) is 14.9 Å². The van der Waals surface area contributed by atoms with Crippen molar-refractivity contribution in [1.29, 1.82) is 0 Å². The van der Waals surface area contributed by atoms with Crippen molar-refractivity contribution in [3.63, 3.8) is 0 Å². The average Bonchev–Trinajstić information content (AvgIpc) is 3.00. The maximum atomic E-state index is 12.8. The Kier molecular flexibility index (Phi) is 9.13. The summed E-state index contributed by atoms with van der Waals surface area (Å²) in [6.45, 7) is 0.0262. The van der Waals surface area contributed by atoms with Gasteiger partial charge >= 0.3 is 12.1 Å². The maximum Gasteiger partial charge on any atom is 0.413 e. The number of ether oxygens (including phenoxy) is 3. The topological polar surface area (TPSA) is 171 Å². The van der Waals surface area contributed by atoms with Crippen LogP contribution in [0.15, 0.2) is 78.9 Å². The number of benzene rings is 1. The van der Waals surface area contributed by atoms with Crippen LogP contribution >= 0.6 is 0 Å². The molecule has 3 N–H and O–H groups in total. The standard InChI is InChI=1S/C28H24N6O7/c1-39-18-14-12-17(13-15-18)16-41-28(38)34-24-11-4-7-20(30-24)26(36)32-22-9-3-6-19(29-22)25(35)33-23-10-5-8-21(31-23)27(37)40-2/h3-15H,16H2,1-2H3,(H,29,32,36)(H,30,34,38)(H,31,33,35). The first-order valence-electron chi connectivity index (χ1n) is 12.0. The number of carbonyl (C=O) groups is 4. The summed E-state index contributed by atoms with van der Waals surface area (Å²) in [6, 6.07) is 20.4. The second-order valence-electron chi connectivity index (χ2n) is 8.17. The molecule has 3 heterocycles. The lowest BCUT2D eigenvalue weighted by molar-refractivity contribution is 0.0593. The molecule has 0 aliphatic heterocycles. The van der Waals surface area contributed by atoms with E-state index in [4.69, 9.17) is 9.47 Å². The number of hydrogen-bond acceptors (Lipinski definition) is 10. The molecule has 1 aromatic carbocycles. The summed E-state index contributed by atoms with van der Waals surface area (Å²) in [6.07, 6.45) is -0.752. The van der Waals surface area contributed by atoms with Crippen LogP contribution in [0.5, 0.6) is 5.75 Å². The fourth-order valence-electron chi connectivity index (χ4n) is 3.36. The molecule has 208 valence electrons. The minimum atomic E-state index is -0.752. The Morgan fingerprint density at radius 1 is 0.634 bits per heavy atom. The Morgan fingerprint density at radius 2 is 1.12 bits per heavy atom. The lowest BCUT2D eigenvalue weighted by Crippen LogP contribution is -2.19. The molecule has 3 amide bonds. The second kappa shape index (κ2) is 13.3. The van der Waals surface area contributed by atoms with Crippen LogP contribution in [0.4, 0.5) is 22.2 Å². The van der Waals surface area contributed by atoms with Gasteiger partial charge in [0.15, 0.2) is 5.69 Å². The fraction of sp³-hybridized carbons (Fsp3) is 0.107. The summed E-state index contributed by atoms with van der Waals surface area (Å²) in [5.74, 6) is -0.917. The molecule has 0 unspecified atom stereocenters. The van der Waals surface area contributed by atoms with Gasteiger partial charge in [-0.1, -0.05) is 30.3 Å². The van der Waals surface area contributed by atoms with Gasteiger partial charge in [-0.25, -0.2) is 24.5 Å². The number of anilines is 3. The summed E-state index contributed by atoms with van der Waals surface area (Å²) < 4.78 is 14.9. The van der Waals surface area contributed by atoms with Crippen molar-refractivity contribution in [2.75, 3.05) is 30.2 Å². The molecule has 0 atom stereocenters. The molecule has 0 radical (unpaired) electrons. The zero-order valence-corrected chi connectivity index (χ0v) is 21.9. The van der Waals surface area contributed by atoms with Crippen LogP contribution in [-0.2, 0) is 16.1 Å². The van der Waals surface area contributed by atoms with E-state index < -0.39 is 23.9 Å². The fourth-order valence-corrected chi connectivity index (χ4v) is 3.36. The molecule has 0 bridgehead atoms. The van der Waals surface area contributed by atoms with E-state index in [0.29, 0.717) is 5.75 Å². The van der Waals surface area contributed by atoms with Crippen molar-refractivity contribution in [2.45, 2.75) is 6.61 Å². The van der Waals surface area contributed by atoms with Crippen LogP contribution in [0.25, 0.3) is 0 Å². The minimum Gasteiger partial charge on any atom is -0.497 e. The number of pyridine rings is 3. The molecule has 13 nitrogen and oxygen atoms in total. The molecule has 0 saturated heterocycles. The number of methoxy groups -OCH3 is 2. The largest absolute Gasteiger partial charge is 0.497 e. The molecule has 3 aromatic heterocycles. The first-order chi connectivity index (χ1) is 19.8. The number of esters is 1. The first-order valence-corrected chi connectivity index (χ1v) is 12.0.